The largest absolute Gasteiger partial charge is 0.345 e. The lowest BCUT2D eigenvalue weighted by Gasteiger charge is -2.25. The lowest BCUT2D eigenvalue weighted by atomic mass is 9.97. The third-order valence-electron chi connectivity index (χ3n) is 4.09. The van der Waals surface area contributed by atoms with Crippen LogP contribution < -0.4 is 5.32 Å². The second kappa shape index (κ2) is 6.99. The van der Waals surface area contributed by atoms with E-state index < -0.39 is 11.3 Å². The van der Waals surface area contributed by atoms with E-state index in [0.29, 0.717) is 5.03 Å². The Kier molecular flexibility index (Phi) is 4.97. The van der Waals surface area contributed by atoms with Crippen LogP contribution >= 0.6 is 23.2 Å². The summed E-state index contributed by atoms with van der Waals surface area (Å²) in [5.74, 6) is 0.347. The summed E-state index contributed by atoms with van der Waals surface area (Å²) in [5.41, 5.74) is 1.84. The van der Waals surface area contributed by atoms with Crippen molar-refractivity contribution in [2.24, 2.45) is 11.8 Å². The molecule has 126 valence electrons. The Morgan fingerprint density at radius 3 is 2.75 bits per heavy atom. The van der Waals surface area contributed by atoms with Gasteiger partial charge in [-0.25, -0.2) is 4.98 Å². The minimum Gasteiger partial charge on any atom is -0.345 e. The van der Waals surface area contributed by atoms with Crippen molar-refractivity contribution in [3.8, 4) is 0 Å². The van der Waals surface area contributed by atoms with Gasteiger partial charge in [0.25, 0.3) is 0 Å². The normalized spacial score (nSPS) is 21.8. The highest BCUT2D eigenvalue weighted by Crippen LogP contribution is 2.27. The van der Waals surface area contributed by atoms with Crippen LogP contribution in [0, 0.1) is 11.8 Å². The molecule has 1 aliphatic carbocycles. The quantitative estimate of drug-likeness (QED) is 0.795. The lowest BCUT2D eigenvalue weighted by Crippen LogP contribution is -2.39. The number of imidazole rings is 1. The number of hydrogen-bond acceptors (Lipinski definition) is 2. The van der Waals surface area contributed by atoms with E-state index >= 15 is 0 Å². The van der Waals surface area contributed by atoms with Crippen molar-refractivity contribution in [2.45, 2.75) is 25.3 Å². The number of halogens is 2. The van der Waals surface area contributed by atoms with Crippen LogP contribution in [0.1, 0.15) is 25.7 Å². The molecule has 0 bridgehead atoms. The van der Waals surface area contributed by atoms with E-state index in [2.05, 4.69) is 15.3 Å². The van der Waals surface area contributed by atoms with Gasteiger partial charge in [0.15, 0.2) is 0 Å². The zero-order chi connectivity index (χ0) is 17.3. The molecule has 4 nitrogen and oxygen atoms in total. The minimum atomic E-state index is -0.453. The second-order valence-electron chi connectivity index (χ2n) is 6.25. The molecule has 0 unspecified atom stereocenters. The summed E-state index contributed by atoms with van der Waals surface area (Å²) in [5, 5.41) is 3.17. The smallest absolute Gasteiger partial charge is 0.229 e. The molecule has 0 spiro atoms. The monoisotopic (exact) mass is 363 g/mol. The topological polar surface area (TPSA) is 57.8 Å². The minimum absolute atomic E-state index is 0.133. The number of hydrogen-bond donors (Lipinski definition) is 2. The first-order valence-electron chi connectivity index (χ1n) is 7.90. The molecule has 2 N–H and O–H groups in total. The first kappa shape index (κ1) is 17.1. The van der Waals surface area contributed by atoms with Crippen LogP contribution in [0.3, 0.4) is 0 Å². The maximum atomic E-state index is 12.7. The Bertz CT molecular complexity index is 776. The molecule has 1 aromatic heterocycles. The Morgan fingerprint density at radius 1 is 1.33 bits per heavy atom. The fourth-order valence-corrected chi connectivity index (χ4v) is 3.37. The molecule has 24 heavy (non-hydrogen) atoms. The maximum absolute atomic E-state index is 12.7. The van der Waals surface area contributed by atoms with Crippen LogP contribution in [-0.2, 0) is 4.79 Å². The van der Waals surface area contributed by atoms with Crippen molar-refractivity contribution in [1.82, 2.24) is 15.3 Å². The van der Waals surface area contributed by atoms with Gasteiger partial charge in [-0.15, -0.1) is 11.6 Å². The third-order valence-corrected chi connectivity index (χ3v) is 4.74. The molecule has 3 atom stereocenters. The molecular weight excluding hydrogens is 345 g/mol. The number of alkyl halides is 1. The van der Waals surface area contributed by atoms with E-state index in [1.54, 1.807) is 18.2 Å². The van der Waals surface area contributed by atoms with Gasteiger partial charge in [0.2, 0.25) is 5.91 Å². The van der Waals surface area contributed by atoms with Crippen LogP contribution in [0.5, 0.6) is 0 Å². The highest BCUT2D eigenvalue weighted by Gasteiger charge is 2.29. The molecule has 0 saturated carbocycles. The molecule has 1 amide bonds. The Morgan fingerprint density at radius 2 is 2.08 bits per heavy atom. The summed E-state index contributed by atoms with van der Waals surface area (Å²) < 4.78 is 0. The summed E-state index contributed by atoms with van der Waals surface area (Å²) in [6.07, 6.45) is 5.13. The molecule has 2 aromatic rings. The summed E-state index contributed by atoms with van der Waals surface area (Å²) >= 11 is 12.2. The highest BCUT2D eigenvalue weighted by atomic mass is 35.5. The predicted molar refractivity (Wildman–Crippen MR) is 98.0 cm³/mol. The molecule has 0 radical (unpaired) electrons. The number of nitrogens with zero attached hydrogens (tertiary/aromatic N) is 1. The van der Waals surface area contributed by atoms with E-state index in [1.165, 1.54) is 0 Å². The van der Waals surface area contributed by atoms with Crippen LogP contribution in [-0.4, -0.2) is 21.3 Å². The molecular formula is C18H19Cl2N3O. The Labute approximate surface area is 150 Å². The number of carbonyl (C=O) groups excluding carboxylic acids is 1. The number of benzene rings is 1. The van der Waals surface area contributed by atoms with Crippen LogP contribution in [0.25, 0.3) is 11.0 Å². The zero-order valence-electron chi connectivity index (χ0n) is 13.5. The second-order valence-corrected chi connectivity index (χ2v) is 7.19. The van der Waals surface area contributed by atoms with E-state index in [1.807, 2.05) is 38.1 Å². The van der Waals surface area contributed by atoms with Crippen molar-refractivity contribution in [1.29, 1.82) is 0 Å². The van der Waals surface area contributed by atoms with Gasteiger partial charge in [0.1, 0.15) is 5.82 Å². The van der Waals surface area contributed by atoms with Gasteiger partial charge in [0.05, 0.1) is 28.4 Å². The fraction of sp³-hybridized carbons (Fsp3) is 0.333. The first-order valence-corrected chi connectivity index (χ1v) is 8.72. The Balaban J connectivity index is 1.82. The van der Waals surface area contributed by atoms with E-state index in [0.717, 1.165) is 16.9 Å². The van der Waals surface area contributed by atoms with Gasteiger partial charge in [0, 0.05) is 5.03 Å². The van der Waals surface area contributed by atoms with Crippen molar-refractivity contribution >= 4 is 40.1 Å². The van der Waals surface area contributed by atoms with Crippen LogP contribution in [0.2, 0.25) is 0 Å². The molecule has 3 rings (SSSR count). The SMILES string of the molecule is CC(C)[C@@H](NC(=O)[C@H]1C=CC(Cl)=C[C@@H]1Cl)c1nc2ccccc2[nH]1. The maximum Gasteiger partial charge on any atom is 0.229 e. The van der Waals surface area contributed by atoms with E-state index in [4.69, 9.17) is 23.2 Å². The van der Waals surface area contributed by atoms with Gasteiger partial charge in [-0.2, -0.15) is 0 Å². The van der Waals surface area contributed by atoms with Crippen molar-refractivity contribution in [2.75, 3.05) is 0 Å². The molecule has 0 saturated heterocycles. The molecule has 1 heterocycles. The number of rotatable bonds is 4. The number of para-hydroxylation sites is 2. The predicted octanol–water partition coefficient (Wildman–Crippen LogP) is 4.29. The molecule has 1 aromatic carbocycles. The van der Waals surface area contributed by atoms with Gasteiger partial charge >= 0.3 is 0 Å². The van der Waals surface area contributed by atoms with Gasteiger partial charge in [-0.3, -0.25) is 4.79 Å². The standard InChI is InChI=1S/C18H19Cl2N3O/c1-10(2)16(17-21-14-5-3-4-6-15(14)22-17)23-18(24)12-8-7-11(19)9-13(12)20/h3-10,12-13,16H,1-2H3,(H,21,22)(H,23,24)/t12-,13-,16+/m0/s1. The average molecular weight is 364 g/mol. The number of carbonyl (C=O) groups is 1. The number of aromatic amines is 1. The van der Waals surface area contributed by atoms with Gasteiger partial charge in [-0.1, -0.05) is 43.7 Å². The zero-order valence-corrected chi connectivity index (χ0v) is 15.0. The molecule has 0 aliphatic heterocycles. The summed E-state index contributed by atoms with van der Waals surface area (Å²) in [4.78, 5) is 20.6. The number of allylic oxidation sites excluding steroid dienone is 3. The van der Waals surface area contributed by atoms with Crippen LogP contribution in [0.15, 0.2) is 47.5 Å². The molecule has 1 aliphatic rings. The fourth-order valence-electron chi connectivity index (χ4n) is 2.77. The van der Waals surface area contributed by atoms with Crippen LogP contribution in [0.4, 0.5) is 0 Å². The molecule has 0 fully saturated rings. The van der Waals surface area contributed by atoms with E-state index in [9.17, 15) is 4.79 Å². The lowest BCUT2D eigenvalue weighted by molar-refractivity contribution is -0.124. The summed E-state index contributed by atoms with van der Waals surface area (Å²) in [6, 6.07) is 7.59. The average Bonchev–Trinajstić information content (AvgIpc) is 2.95. The van der Waals surface area contributed by atoms with Gasteiger partial charge in [-0.05, 0) is 30.2 Å². The number of H-pyrrole nitrogens is 1. The van der Waals surface area contributed by atoms with Crippen molar-refractivity contribution in [3.05, 3.63) is 53.4 Å². The summed E-state index contributed by atoms with van der Waals surface area (Å²) in [6.45, 7) is 4.09. The highest BCUT2D eigenvalue weighted by molar-refractivity contribution is 6.33. The van der Waals surface area contributed by atoms with Crippen molar-refractivity contribution in [3.63, 3.8) is 0 Å². The third kappa shape index (κ3) is 3.50. The number of fused-ring (bicyclic) bond motifs is 1. The van der Waals surface area contributed by atoms with Crippen molar-refractivity contribution < 1.29 is 4.79 Å². The van der Waals surface area contributed by atoms with Gasteiger partial charge < -0.3 is 10.3 Å². The molecule has 6 heteroatoms. The number of aromatic nitrogens is 2. The Hall–Kier alpha value is -1.78. The summed E-state index contributed by atoms with van der Waals surface area (Å²) in [7, 11) is 0. The number of amides is 1. The van der Waals surface area contributed by atoms with E-state index in [-0.39, 0.29) is 17.9 Å². The first-order chi connectivity index (χ1) is 11.5. The number of nitrogens with one attached hydrogen (secondary N) is 2.